The molecule has 0 aliphatic rings. The average molecular weight is 451 g/mol. The van der Waals surface area contributed by atoms with Crippen LogP contribution >= 0.6 is 15.9 Å². The number of ether oxygens (including phenoxy) is 1. The summed E-state index contributed by atoms with van der Waals surface area (Å²) in [6.07, 6.45) is 1.60. The van der Waals surface area contributed by atoms with Crippen LogP contribution in [0.15, 0.2) is 68.5 Å². The number of aromatic hydroxyl groups is 1. The van der Waals surface area contributed by atoms with E-state index in [2.05, 4.69) is 25.9 Å². The lowest BCUT2D eigenvalue weighted by Crippen LogP contribution is -1.94. The second kappa shape index (κ2) is 8.09. The Hall–Kier alpha value is -3.12. The Kier molecular flexibility index (Phi) is 5.36. The Labute approximate surface area is 176 Å². The predicted octanol–water partition coefficient (Wildman–Crippen LogP) is 6.42. The van der Waals surface area contributed by atoms with Crippen LogP contribution < -0.4 is 4.74 Å². The number of aliphatic imine (C=N–C) groups is 1. The van der Waals surface area contributed by atoms with E-state index in [9.17, 15) is 5.11 Å². The van der Waals surface area contributed by atoms with Crippen LogP contribution in [0.1, 0.15) is 18.1 Å². The zero-order chi connectivity index (χ0) is 20.4. The lowest BCUT2D eigenvalue weighted by molar-refractivity contribution is 0.317. The van der Waals surface area contributed by atoms with Crippen molar-refractivity contribution in [2.75, 3.05) is 6.61 Å². The highest BCUT2D eigenvalue weighted by Gasteiger charge is 2.11. The molecule has 3 aromatic carbocycles. The van der Waals surface area contributed by atoms with E-state index in [0.717, 1.165) is 21.1 Å². The molecule has 0 saturated carbocycles. The van der Waals surface area contributed by atoms with Crippen LogP contribution in [0.25, 0.3) is 22.6 Å². The Morgan fingerprint density at radius 2 is 2.00 bits per heavy atom. The third kappa shape index (κ3) is 4.03. The van der Waals surface area contributed by atoms with E-state index < -0.39 is 0 Å². The maximum Gasteiger partial charge on any atom is 0.227 e. The number of oxazole rings is 1. The number of halogens is 1. The summed E-state index contributed by atoms with van der Waals surface area (Å²) in [5.41, 5.74) is 4.77. The van der Waals surface area contributed by atoms with Gasteiger partial charge in [0.05, 0.1) is 12.3 Å². The third-order valence-electron chi connectivity index (χ3n) is 4.47. The lowest BCUT2D eigenvalue weighted by atomic mass is 10.1. The fourth-order valence-electron chi connectivity index (χ4n) is 3.03. The van der Waals surface area contributed by atoms with E-state index in [-0.39, 0.29) is 5.75 Å². The van der Waals surface area contributed by atoms with Gasteiger partial charge < -0.3 is 14.3 Å². The molecule has 1 aromatic heterocycles. The minimum atomic E-state index is 0.0585. The molecule has 0 spiro atoms. The number of aromatic nitrogens is 1. The molecule has 1 N–H and O–H groups in total. The molecule has 6 heteroatoms. The van der Waals surface area contributed by atoms with E-state index in [0.29, 0.717) is 35.1 Å². The molecular formula is C23H19BrN2O3. The molecule has 4 rings (SSSR count). The van der Waals surface area contributed by atoms with Crippen LogP contribution in [-0.4, -0.2) is 22.9 Å². The smallest absolute Gasteiger partial charge is 0.227 e. The number of aryl methyl sites for hydroxylation is 1. The minimum absolute atomic E-state index is 0.0585. The maximum absolute atomic E-state index is 10.4. The third-order valence-corrected chi connectivity index (χ3v) is 4.93. The summed E-state index contributed by atoms with van der Waals surface area (Å²) >= 11 is 3.43. The van der Waals surface area contributed by atoms with Gasteiger partial charge in [-0.3, -0.25) is 4.99 Å². The number of rotatable bonds is 5. The zero-order valence-corrected chi connectivity index (χ0v) is 17.6. The fraction of sp³-hybridized carbons (Fsp3) is 0.130. The SMILES string of the molecule is CCOc1cc(Br)cc(C=Nc2ccc3oc(-c4ccccc4C)nc3c2)c1O. The van der Waals surface area contributed by atoms with Gasteiger partial charge in [-0.15, -0.1) is 0 Å². The molecule has 0 saturated heterocycles. The maximum atomic E-state index is 10.4. The van der Waals surface area contributed by atoms with Crippen molar-refractivity contribution in [3.05, 3.63) is 70.2 Å². The normalized spacial score (nSPS) is 11.4. The quantitative estimate of drug-likeness (QED) is 0.356. The molecular weight excluding hydrogens is 432 g/mol. The van der Waals surface area contributed by atoms with Crippen LogP contribution in [-0.2, 0) is 0 Å². The highest BCUT2D eigenvalue weighted by Crippen LogP contribution is 2.34. The first-order valence-corrected chi connectivity index (χ1v) is 10.0. The summed E-state index contributed by atoms with van der Waals surface area (Å²) in [5, 5.41) is 10.4. The van der Waals surface area contributed by atoms with Gasteiger partial charge in [-0.1, -0.05) is 34.1 Å². The summed E-state index contributed by atoms with van der Waals surface area (Å²) in [5.74, 6) is 1.06. The molecule has 0 radical (unpaired) electrons. The fourth-order valence-corrected chi connectivity index (χ4v) is 3.48. The molecule has 146 valence electrons. The van der Waals surface area contributed by atoms with Gasteiger partial charge in [-0.25, -0.2) is 4.98 Å². The van der Waals surface area contributed by atoms with E-state index in [1.165, 1.54) is 0 Å². The number of phenolic OH excluding ortho intramolecular Hbond substituents is 1. The molecule has 4 aromatic rings. The Morgan fingerprint density at radius 3 is 2.79 bits per heavy atom. The van der Waals surface area contributed by atoms with Gasteiger partial charge in [0, 0.05) is 21.8 Å². The topological polar surface area (TPSA) is 67.9 Å². The number of phenols is 1. The zero-order valence-electron chi connectivity index (χ0n) is 16.0. The summed E-state index contributed by atoms with van der Waals surface area (Å²) < 4.78 is 12.2. The Bertz CT molecular complexity index is 1210. The van der Waals surface area contributed by atoms with Gasteiger partial charge >= 0.3 is 0 Å². The van der Waals surface area contributed by atoms with Crippen molar-refractivity contribution >= 4 is 38.9 Å². The van der Waals surface area contributed by atoms with Crippen molar-refractivity contribution in [1.29, 1.82) is 0 Å². The average Bonchev–Trinajstić information content (AvgIpc) is 3.13. The van der Waals surface area contributed by atoms with Crippen molar-refractivity contribution in [2.24, 2.45) is 4.99 Å². The van der Waals surface area contributed by atoms with Crippen molar-refractivity contribution < 1.29 is 14.3 Å². The molecule has 0 atom stereocenters. The van der Waals surface area contributed by atoms with E-state index >= 15 is 0 Å². The number of hydrogen-bond donors (Lipinski definition) is 1. The number of benzene rings is 3. The first-order valence-electron chi connectivity index (χ1n) is 9.21. The van der Waals surface area contributed by atoms with Crippen LogP contribution in [0.4, 0.5) is 5.69 Å². The molecule has 0 bridgehead atoms. The van der Waals surface area contributed by atoms with Crippen molar-refractivity contribution in [3.63, 3.8) is 0 Å². The lowest BCUT2D eigenvalue weighted by Gasteiger charge is -2.08. The van der Waals surface area contributed by atoms with Crippen molar-refractivity contribution in [1.82, 2.24) is 4.98 Å². The van der Waals surface area contributed by atoms with Crippen LogP contribution in [0.5, 0.6) is 11.5 Å². The monoisotopic (exact) mass is 450 g/mol. The molecule has 0 aliphatic carbocycles. The summed E-state index contributed by atoms with van der Waals surface area (Å²) in [6.45, 7) is 4.36. The van der Waals surface area contributed by atoms with Gasteiger partial charge in [0.15, 0.2) is 17.1 Å². The van der Waals surface area contributed by atoms with Gasteiger partial charge in [0.1, 0.15) is 5.52 Å². The second-order valence-corrected chi connectivity index (χ2v) is 7.43. The molecule has 1 heterocycles. The van der Waals surface area contributed by atoms with Gasteiger partial charge in [-0.05, 0) is 55.8 Å². The van der Waals surface area contributed by atoms with Gasteiger partial charge in [0.2, 0.25) is 5.89 Å². The largest absolute Gasteiger partial charge is 0.504 e. The van der Waals surface area contributed by atoms with Gasteiger partial charge in [-0.2, -0.15) is 0 Å². The standard InChI is InChI=1S/C23H19BrN2O3/c1-3-28-21-11-16(24)10-15(22(21)27)13-25-17-8-9-20-19(12-17)26-23(29-20)18-7-5-4-6-14(18)2/h4-13,27H,3H2,1-2H3. The minimum Gasteiger partial charge on any atom is -0.504 e. The van der Waals surface area contributed by atoms with Crippen molar-refractivity contribution in [2.45, 2.75) is 13.8 Å². The van der Waals surface area contributed by atoms with Gasteiger partial charge in [0.25, 0.3) is 0 Å². The highest BCUT2D eigenvalue weighted by atomic mass is 79.9. The van der Waals surface area contributed by atoms with Crippen molar-refractivity contribution in [3.8, 4) is 23.0 Å². The highest BCUT2D eigenvalue weighted by molar-refractivity contribution is 9.10. The Balaban J connectivity index is 1.66. The number of nitrogens with zero attached hydrogens (tertiary/aromatic N) is 2. The summed E-state index contributed by atoms with van der Waals surface area (Å²) in [4.78, 5) is 9.10. The van der Waals surface area contributed by atoms with Crippen LogP contribution in [0, 0.1) is 6.92 Å². The number of hydrogen-bond acceptors (Lipinski definition) is 5. The van der Waals surface area contributed by atoms with E-state index in [1.807, 2.05) is 56.3 Å². The van der Waals surface area contributed by atoms with Crippen LogP contribution in [0.3, 0.4) is 0 Å². The molecule has 0 unspecified atom stereocenters. The summed E-state index contributed by atoms with van der Waals surface area (Å²) in [6, 6.07) is 17.0. The molecule has 5 nitrogen and oxygen atoms in total. The predicted molar refractivity (Wildman–Crippen MR) is 118 cm³/mol. The van der Waals surface area contributed by atoms with Crippen LogP contribution in [0.2, 0.25) is 0 Å². The molecule has 29 heavy (non-hydrogen) atoms. The first-order chi connectivity index (χ1) is 14.0. The second-order valence-electron chi connectivity index (χ2n) is 6.52. The number of fused-ring (bicyclic) bond motifs is 1. The molecule has 0 aliphatic heterocycles. The summed E-state index contributed by atoms with van der Waals surface area (Å²) in [7, 11) is 0. The van der Waals surface area contributed by atoms with E-state index in [1.54, 1.807) is 18.3 Å². The molecule has 0 amide bonds. The first kappa shape index (κ1) is 19.2. The van der Waals surface area contributed by atoms with E-state index in [4.69, 9.17) is 9.15 Å². The Morgan fingerprint density at radius 1 is 1.17 bits per heavy atom. The molecule has 0 fully saturated rings.